The maximum absolute atomic E-state index is 14.7. The number of hydrogen-bond acceptors (Lipinski definition) is 21. The number of rotatable bonds is 16. The van der Waals surface area contributed by atoms with Gasteiger partial charge in [0.15, 0.2) is 29.0 Å². The van der Waals surface area contributed by atoms with Crippen LogP contribution in [-0.4, -0.2) is 193 Å². The van der Waals surface area contributed by atoms with Crippen LogP contribution in [0.4, 0.5) is 22.0 Å². The third-order valence-electron chi connectivity index (χ3n) is 22.4. The number of amides is 4. The molecule has 4 saturated carbocycles. The van der Waals surface area contributed by atoms with Gasteiger partial charge in [-0.15, -0.1) is 4.80 Å². The fourth-order valence-corrected chi connectivity index (χ4v) is 17.5. The number of aryl methyl sites for hydroxylation is 1. The monoisotopic (exact) mass is 1640 g/mol. The van der Waals surface area contributed by atoms with E-state index < -0.39 is 29.1 Å². The number of para-hydroxylation sites is 1. The Morgan fingerprint density at radius 1 is 0.364 bits per heavy atom. The Morgan fingerprint density at radius 2 is 0.746 bits per heavy atom. The predicted molar refractivity (Wildman–Crippen MR) is 415 cm³/mol. The second kappa shape index (κ2) is 33.8. The normalized spacial score (nSPS) is 22.6. The number of carbonyl (C=O) groups excluding carboxylic acids is 4. The molecule has 13 heterocycles. The summed E-state index contributed by atoms with van der Waals surface area (Å²) in [4.78, 5) is 100. The third kappa shape index (κ3) is 16.7. The summed E-state index contributed by atoms with van der Waals surface area (Å²) >= 11 is 11.8. The highest BCUT2D eigenvalue weighted by molar-refractivity contribution is 6.30. The van der Waals surface area contributed by atoms with Gasteiger partial charge in [0.2, 0.25) is 23.5 Å². The van der Waals surface area contributed by atoms with Crippen LogP contribution in [0.2, 0.25) is 10.0 Å². The van der Waals surface area contributed by atoms with Gasteiger partial charge in [0.05, 0.1) is 124 Å². The van der Waals surface area contributed by atoms with E-state index in [9.17, 15) is 41.1 Å². The van der Waals surface area contributed by atoms with Crippen LogP contribution < -0.4 is 18.9 Å². The lowest BCUT2D eigenvalue weighted by molar-refractivity contribution is 0.0459. The minimum Gasteiger partial charge on any atom is -0.472 e. The average Bonchev–Trinajstić information content (AvgIpc) is 1.61. The van der Waals surface area contributed by atoms with E-state index in [1.807, 2.05) is 52.0 Å². The minimum absolute atomic E-state index is 0.0250. The van der Waals surface area contributed by atoms with Gasteiger partial charge >= 0.3 is 0 Å². The minimum atomic E-state index is -0.639. The molecule has 0 N–H and O–H groups in total. The van der Waals surface area contributed by atoms with Gasteiger partial charge in [-0.3, -0.25) is 19.2 Å². The van der Waals surface area contributed by atoms with Crippen molar-refractivity contribution in [1.82, 2.24) is 94.4 Å². The number of fused-ring (bicyclic) bond motifs is 8. The molecular weight excluding hydrogens is 1570 g/mol. The van der Waals surface area contributed by atoms with Gasteiger partial charge in [0.1, 0.15) is 47.6 Å². The second-order valence-corrected chi connectivity index (χ2v) is 30.8. The number of piperidine rings is 4. The zero-order valence-electron chi connectivity index (χ0n) is 62.9. The van der Waals surface area contributed by atoms with Crippen molar-refractivity contribution in [3.05, 3.63) is 269 Å². The summed E-state index contributed by atoms with van der Waals surface area (Å²) in [6.45, 7) is 4.48. The number of pyridine rings is 5. The lowest BCUT2D eigenvalue weighted by atomic mass is 10.0. The number of halogens is 7. The molecule has 34 heteroatoms. The molecule has 4 aliphatic heterocycles. The topological polar surface area (TPSA) is 296 Å². The summed E-state index contributed by atoms with van der Waals surface area (Å²) in [5.41, 5.74) is 4.02. The molecule has 118 heavy (non-hydrogen) atoms. The fourth-order valence-electron chi connectivity index (χ4n) is 17.3. The van der Waals surface area contributed by atoms with Crippen molar-refractivity contribution in [2.45, 2.75) is 107 Å². The van der Waals surface area contributed by atoms with Crippen LogP contribution in [0.1, 0.15) is 98.6 Å². The molecule has 12 aromatic rings. The van der Waals surface area contributed by atoms with Crippen LogP contribution in [0.15, 0.2) is 202 Å². The molecule has 4 aliphatic carbocycles. The number of likely N-dealkylation sites (tertiary alicyclic amines) is 4. The first-order chi connectivity index (χ1) is 57.3. The van der Waals surface area contributed by atoms with Gasteiger partial charge in [0.25, 0.3) is 23.6 Å². The molecule has 8 bridgehead atoms. The lowest BCUT2D eigenvalue weighted by Gasteiger charge is -2.33. The van der Waals surface area contributed by atoms with Crippen LogP contribution in [0, 0.1) is 59.7 Å². The summed E-state index contributed by atoms with van der Waals surface area (Å²) in [7, 11) is 0. The van der Waals surface area contributed by atoms with Crippen molar-refractivity contribution in [2.75, 3.05) is 26.2 Å². The van der Waals surface area contributed by atoms with E-state index in [-0.39, 0.29) is 89.2 Å². The van der Waals surface area contributed by atoms with Crippen LogP contribution >= 0.6 is 23.2 Å². The molecule has 4 saturated heterocycles. The smallest absolute Gasteiger partial charge is 0.275 e. The number of ether oxygens (including phenoxy) is 4. The van der Waals surface area contributed by atoms with E-state index in [1.165, 1.54) is 58.3 Å². The van der Waals surface area contributed by atoms with Crippen LogP contribution in [0.3, 0.4) is 0 Å². The second-order valence-electron chi connectivity index (χ2n) is 30.0. The van der Waals surface area contributed by atoms with Gasteiger partial charge in [-0.05, 0) is 149 Å². The molecule has 0 radical (unpaired) electrons. The Bertz CT molecular complexity index is 5610. The Hall–Kier alpha value is -12.8. The largest absolute Gasteiger partial charge is 0.472 e. The number of aromatic nitrogens is 15. The maximum atomic E-state index is 14.7. The summed E-state index contributed by atoms with van der Waals surface area (Å²) in [5.74, 6) is 0.197. The Labute approximate surface area is 681 Å². The standard InChI is InChI=1S/C22H17ClF2N4O2.C22H18ClFN4O2.C20H19FN6O2.C20H18FN5O2/c23-13-4-5-19(26-8-13)31-18-7-12-6-17(18)29(11-12)22(30)15-2-1-3-16(25)20(15)21-27-9-14(24)10-28-21;23-14-5-6-20(25-9-14)30-19-8-13-7-18(19)28(12-13)22(29)17-4-2-1-3-16(17)21-26-10-15(24)11-27-21;1-12-2-4-15(27-23-6-7-24-27)19(25-12)20(28)26-11-13-8-16(26)17(9-13)29-18-5-3-14(21)10-22-18;21-14-5-6-19(22-11-14)28-18-10-13-9-17(18)25(12-13)20(27)15-3-1-2-4-16(15)26-23-7-8-24-26/h1-5,8-10,12,17-18H,6-7,11H2;1-6,9-11,13,18-19H,7-8,12H2;2-7,10,13,16-17H,8-9,11H2,1H3;1-8,11,13,17-18H,9-10,12H2. The van der Waals surface area contributed by atoms with Crippen LogP contribution in [0.5, 0.6) is 23.5 Å². The van der Waals surface area contributed by atoms with Crippen molar-refractivity contribution >= 4 is 46.8 Å². The number of nitrogens with zero attached hydrogens (tertiary/aromatic N) is 19. The Morgan fingerprint density at radius 3 is 1.19 bits per heavy atom. The zero-order chi connectivity index (χ0) is 81.2. The third-order valence-corrected chi connectivity index (χ3v) is 22.8. The first kappa shape index (κ1) is 77.7. The van der Waals surface area contributed by atoms with E-state index in [0.29, 0.717) is 123 Å². The first-order valence-electron chi connectivity index (χ1n) is 38.3. The maximum Gasteiger partial charge on any atom is 0.275 e. The van der Waals surface area contributed by atoms with Crippen molar-refractivity contribution < 1.29 is 60.1 Å². The van der Waals surface area contributed by atoms with E-state index in [0.717, 1.165) is 94.2 Å². The van der Waals surface area contributed by atoms with Gasteiger partial charge in [-0.1, -0.05) is 59.6 Å². The molecule has 8 aliphatic rings. The highest BCUT2D eigenvalue weighted by atomic mass is 35.5. The summed E-state index contributed by atoms with van der Waals surface area (Å²) in [6.07, 6.45) is 22.0. The summed E-state index contributed by atoms with van der Waals surface area (Å²) < 4.78 is 91.4. The molecule has 0 spiro atoms. The highest BCUT2D eigenvalue weighted by Crippen LogP contribution is 2.46. The fraction of sp³-hybridized carbons (Fsp3) is 0.298. The van der Waals surface area contributed by atoms with Gasteiger partial charge in [0, 0.05) is 74.1 Å². The summed E-state index contributed by atoms with van der Waals surface area (Å²) in [6, 6.07) is 34.6. The van der Waals surface area contributed by atoms with Crippen LogP contribution in [-0.2, 0) is 0 Å². The number of hydrogen-bond donors (Lipinski definition) is 0. The zero-order valence-corrected chi connectivity index (χ0v) is 64.4. The molecule has 9 aromatic heterocycles. The van der Waals surface area contributed by atoms with E-state index in [2.05, 4.69) is 65.3 Å². The Balaban J connectivity index is 0.000000113. The van der Waals surface area contributed by atoms with E-state index in [1.54, 1.807) is 90.5 Å². The average molecular weight is 1640 g/mol. The molecule has 12 unspecified atom stereocenters. The van der Waals surface area contributed by atoms with Crippen molar-refractivity contribution in [2.24, 2.45) is 23.7 Å². The van der Waals surface area contributed by atoms with Crippen LogP contribution in [0.25, 0.3) is 34.2 Å². The molecule has 12 atom stereocenters. The molecule has 27 nitrogen and oxygen atoms in total. The first-order valence-corrected chi connectivity index (χ1v) is 39.1. The van der Waals surface area contributed by atoms with Crippen molar-refractivity contribution in [1.29, 1.82) is 0 Å². The molecular formula is C84H72Cl2F5N19O8. The van der Waals surface area contributed by atoms with Crippen molar-refractivity contribution in [3.63, 3.8) is 0 Å². The van der Waals surface area contributed by atoms with Gasteiger partial charge < -0.3 is 38.5 Å². The Kier molecular flexibility index (Phi) is 22.2. The molecule has 600 valence electrons. The van der Waals surface area contributed by atoms with E-state index in [4.69, 9.17) is 42.1 Å². The molecule has 8 fully saturated rings. The lowest BCUT2D eigenvalue weighted by Crippen LogP contribution is -2.47. The quantitative estimate of drug-likeness (QED) is 0.0812. The molecule has 3 aromatic carbocycles. The highest BCUT2D eigenvalue weighted by Gasteiger charge is 2.53. The van der Waals surface area contributed by atoms with Gasteiger partial charge in [-0.2, -0.15) is 25.2 Å². The van der Waals surface area contributed by atoms with E-state index >= 15 is 0 Å². The SMILES string of the molecule is Cc1ccc(-n2nccn2)c(C(=O)N2CC3CC(Oc4ccc(F)cn4)C2C3)n1.O=C(c1cccc(F)c1-c1ncc(F)cn1)N1CC2CC(Oc3ccc(Cl)cn3)C1C2.O=C(c1ccccc1-c1ncc(F)cn1)N1CC2CC(Oc3ccc(Cl)cn3)C1C2.O=C(c1ccccc1-n1nccn1)N1CC2CC(Oc3ccc(F)cn3)C1C2. The number of benzene rings is 3. The molecule has 20 rings (SSSR count). The van der Waals surface area contributed by atoms with Gasteiger partial charge in [-0.25, -0.2) is 66.8 Å². The molecule has 4 amide bonds. The predicted octanol–water partition coefficient (Wildman–Crippen LogP) is 12.8. The van der Waals surface area contributed by atoms with Crippen molar-refractivity contribution in [3.8, 4) is 57.7 Å². The number of carbonyl (C=O) groups is 4. The summed E-state index contributed by atoms with van der Waals surface area (Å²) in [5, 5.41) is 17.7.